The largest absolute Gasteiger partial charge is 0.410 e. The molecule has 0 fully saturated rings. The normalized spacial score (nSPS) is 12.4. The second-order valence-corrected chi connectivity index (χ2v) is 11.9. The molecule has 0 radical (unpaired) electrons. The van der Waals surface area contributed by atoms with Gasteiger partial charge in [0.25, 0.3) is 0 Å². The zero-order valence-electron chi connectivity index (χ0n) is 14.3. The van der Waals surface area contributed by atoms with E-state index in [1.165, 1.54) is 11.0 Å². The minimum Gasteiger partial charge on any atom is -0.410 e. The number of hydrogen-bond donors (Lipinski definition) is 0. The molecule has 2 aromatic rings. The molecule has 0 bridgehead atoms. The highest BCUT2D eigenvalue weighted by molar-refractivity contribution is 6.74. The first-order valence-electron chi connectivity index (χ1n) is 7.53. The molecule has 0 N–H and O–H groups in total. The molecule has 0 atom stereocenters. The Morgan fingerprint density at radius 2 is 2.04 bits per heavy atom. The fourth-order valence-electron chi connectivity index (χ4n) is 1.68. The molecule has 124 valence electrons. The summed E-state index contributed by atoms with van der Waals surface area (Å²) in [6.07, 6.45) is 3.46. The van der Waals surface area contributed by atoms with Gasteiger partial charge in [0.2, 0.25) is 0 Å². The molecule has 0 saturated carbocycles. The smallest absolute Gasteiger partial charge is 0.192 e. The third-order valence-corrected chi connectivity index (χ3v) is 8.67. The van der Waals surface area contributed by atoms with Crippen LogP contribution in [0.2, 0.25) is 18.1 Å². The molecular formula is C15H23N5O2Si. The summed E-state index contributed by atoms with van der Waals surface area (Å²) in [4.78, 5) is 16.4. The van der Waals surface area contributed by atoms with Crippen molar-refractivity contribution < 1.29 is 9.22 Å². The average Bonchev–Trinajstić information content (AvgIpc) is 2.99. The average molecular weight is 333 g/mol. The molecule has 2 rings (SSSR count). The van der Waals surface area contributed by atoms with Gasteiger partial charge in [-0.1, -0.05) is 26.8 Å². The summed E-state index contributed by atoms with van der Waals surface area (Å²) in [7, 11) is -1.89. The number of rotatable bonds is 6. The van der Waals surface area contributed by atoms with Gasteiger partial charge in [0.05, 0.1) is 6.61 Å². The van der Waals surface area contributed by atoms with E-state index < -0.39 is 8.32 Å². The van der Waals surface area contributed by atoms with E-state index in [1.54, 1.807) is 12.3 Å². The summed E-state index contributed by atoms with van der Waals surface area (Å²) >= 11 is 0. The number of aromatic nitrogens is 5. The molecule has 0 aliphatic heterocycles. The van der Waals surface area contributed by atoms with Gasteiger partial charge >= 0.3 is 0 Å². The molecular weight excluding hydrogens is 310 g/mol. The van der Waals surface area contributed by atoms with Crippen LogP contribution in [0, 0.1) is 0 Å². The lowest BCUT2D eigenvalue weighted by atomic mass is 10.1. The number of pyridine rings is 1. The second kappa shape index (κ2) is 6.67. The van der Waals surface area contributed by atoms with Crippen molar-refractivity contribution >= 4 is 14.1 Å². The molecule has 0 unspecified atom stereocenters. The van der Waals surface area contributed by atoms with Crippen LogP contribution in [0.4, 0.5) is 0 Å². The van der Waals surface area contributed by atoms with Crippen molar-refractivity contribution in [3.05, 3.63) is 30.2 Å². The molecule has 7 nitrogen and oxygen atoms in total. The van der Waals surface area contributed by atoms with E-state index >= 15 is 0 Å². The minimum atomic E-state index is -1.89. The maximum atomic E-state index is 12.1. The maximum Gasteiger partial charge on any atom is 0.192 e. The standard InChI is InChI=1S/C15H23N5O2Si/c1-15(2,3)23(4,5)22-10-13(21)8-12-6-7-14(16-9-12)20-11-17-18-19-20/h6-7,9,11H,8,10H2,1-5H3. The van der Waals surface area contributed by atoms with E-state index in [9.17, 15) is 4.79 Å². The fourth-order valence-corrected chi connectivity index (χ4v) is 2.63. The van der Waals surface area contributed by atoms with E-state index in [2.05, 4.69) is 54.4 Å². The number of Topliss-reactive ketones (excluding diaryl/α,β-unsaturated/α-hetero) is 1. The van der Waals surface area contributed by atoms with Crippen LogP contribution in [-0.2, 0) is 15.6 Å². The first kappa shape index (κ1) is 17.4. The summed E-state index contributed by atoms with van der Waals surface area (Å²) < 4.78 is 7.41. The van der Waals surface area contributed by atoms with E-state index in [0.717, 1.165) is 5.56 Å². The lowest BCUT2D eigenvalue weighted by Crippen LogP contribution is -2.42. The van der Waals surface area contributed by atoms with E-state index in [0.29, 0.717) is 12.2 Å². The first-order chi connectivity index (χ1) is 10.7. The van der Waals surface area contributed by atoms with Crippen LogP contribution in [0.5, 0.6) is 0 Å². The lowest BCUT2D eigenvalue weighted by molar-refractivity contribution is -0.120. The summed E-state index contributed by atoms with van der Waals surface area (Å²) in [6, 6.07) is 3.64. The van der Waals surface area contributed by atoms with Gasteiger partial charge in [-0.25, -0.2) is 4.98 Å². The monoisotopic (exact) mass is 333 g/mol. The van der Waals surface area contributed by atoms with Crippen molar-refractivity contribution in [3.8, 4) is 5.82 Å². The number of tetrazole rings is 1. The third-order valence-electron chi connectivity index (χ3n) is 4.19. The first-order valence-corrected chi connectivity index (χ1v) is 10.4. The summed E-state index contributed by atoms with van der Waals surface area (Å²) in [5.41, 5.74) is 0.852. The molecule has 0 spiro atoms. The predicted octanol–water partition coefficient (Wildman–Crippen LogP) is 2.19. The van der Waals surface area contributed by atoms with Gasteiger partial charge in [0, 0.05) is 12.6 Å². The van der Waals surface area contributed by atoms with Crippen LogP contribution < -0.4 is 0 Å². The van der Waals surface area contributed by atoms with E-state index in [4.69, 9.17) is 4.43 Å². The van der Waals surface area contributed by atoms with Crippen molar-refractivity contribution in [1.82, 2.24) is 25.2 Å². The number of hydrogen-bond acceptors (Lipinski definition) is 6. The molecule has 0 aliphatic rings. The number of carbonyl (C=O) groups is 1. The maximum absolute atomic E-state index is 12.1. The summed E-state index contributed by atoms with van der Waals surface area (Å²) in [5.74, 6) is 0.676. The second-order valence-electron chi connectivity index (χ2n) is 7.04. The van der Waals surface area contributed by atoms with Crippen molar-refractivity contribution in [1.29, 1.82) is 0 Å². The minimum absolute atomic E-state index is 0.0618. The van der Waals surface area contributed by atoms with Crippen molar-refractivity contribution in [2.75, 3.05) is 6.61 Å². The van der Waals surface area contributed by atoms with E-state index in [1.807, 2.05) is 6.07 Å². The zero-order chi connectivity index (χ0) is 17.1. The molecule has 2 heterocycles. The number of nitrogens with zero attached hydrogens (tertiary/aromatic N) is 5. The lowest BCUT2D eigenvalue weighted by Gasteiger charge is -2.35. The molecule has 0 saturated heterocycles. The van der Waals surface area contributed by atoms with E-state index in [-0.39, 0.29) is 17.4 Å². The highest BCUT2D eigenvalue weighted by Crippen LogP contribution is 2.36. The quantitative estimate of drug-likeness (QED) is 0.754. The van der Waals surface area contributed by atoms with Crippen molar-refractivity contribution in [3.63, 3.8) is 0 Å². The molecule has 0 aromatic carbocycles. The number of ketones is 1. The summed E-state index contributed by atoms with van der Waals surface area (Å²) in [5, 5.41) is 11.0. The fraction of sp³-hybridized carbons (Fsp3) is 0.533. The Labute approximate surface area is 137 Å². The Balaban J connectivity index is 1.91. The van der Waals surface area contributed by atoms with Gasteiger partial charge in [-0.05, 0) is 40.2 Å². The summed E-state index contributed by atoms with van der Waals surface area (Å²) in [6.45, 7) is 10.9. The molecule has 0 aliphatic carbocycles. The molecule has 8 heteroatoms. The number of carbonyl (C=O) groups excluding carboxylic acids is 1. The van der Waals surface area contributed by atoms with Gasteiger partial charge in [-0.15, -0.1) is 5.10 Å². The van der Waals surface area contributed by atoms with Crippen LogP contribution in [0.3, 0.4) is 0 Å². The van der Waals surface area contributed by atoms with Crippen LogP contribution in [0.1, 0.15) is 26.3 Å². The molecule has 2 aromatic heterocycles. The van der Waals surface area contributed by atoms with Gasteiger partial charge in [-0.2, -0.15) is 4.68 Å². The van der Waals surface area contributed by atoms with Crippen LogP contribution >= 0.6 is 0 Å². The van der Waals surface area contributed by atoms with Gasteiger partial charge in [0.15, 0.2) is 19.9 Å². The van der Waals surface area contributed by atoms with Crippen molar-refractivity contribution in [2.24, 2.45) is 0 Å². The van der Waals surface area contributed by atoms with Gasteiger partial charge < -0.3 is 4.43 Å². The Morgan fingerprint density at radius 3 is 2.57 bits per heavy atom. The Hall–Kier alpha value is -1.93. The Morgan fingerprint density at radius 1 is 1.30 bits per heavy atom. The van der Waals surface area contributed by atoms with Gasteiger partial charge in [-0.3, -0.25) is 4.79 Å². The van der Waals surface area contributed by atoms with Crippen LogP contribution in [0.15, 0.2) is 24.7 Å². The Kier molecular flexibility index (Phi) is 5.05. The molecule has 0 amide bonds. The third kappa shape index (κ3) is 4.52. The Bertz CT molecular complexity index is 648. The molecule has 23 heavy (non-hydrogen) atoms. The highest BCUT2D eigenvalue weighted by Gasteiger charge is 2.37. The SMILES string of the molecule is CC(C)(C)[Si](C)(C)OCC(=O)Cc1ccc(-n2cnnn2)nc1. The zero-order valence-corrected chi connectivity index (χ0v) is 15.3. The topological polar surface area (TPSA) is 82.8 Å². The van der Waals surface area contributed by atoms with Crippen molar-refractivity contribution in [2.45, 2.75) is 45.3 Å². The predicted molar refractivity (Wildman–Crippen MR) is 88.8 cm³/mol. The van der Waals surface area contributed by atoms with Gasteiger partial charge in [0.1, 0.15) is 6.33 Å². The van der Waals surface area contributed by atoms with Crippen LogP contribution in [-0.4, -0.2) is 45.9 Å². The van der Waals surface area contributed by atoms with Crippen LogP contribution in [0.25, 0.3) is 5.82 Å². The highest BCUT2D eigenvalue weighted by atomic mass is 28.4.